The van der Waals surface area contributed by atoms with E-state index in [0.717, 1.165) is 14.7 Å². The summed E-state index contributed by atoms with van der Waals surface area (Å²) in [5.41, 5.74) is 10.6. The first kappa shape index (κ1) is 29.8. The van der Waals surface area contributed by atoms with Crippen molar-refractivity contribution in [1.82, 2.24) is 10.2 Å². The van der Waals surface area contributed by atoms with Crippen molar-refractivity contribution in [2.75, 3.05) is 20.8 Å². The van der Waals surface area contributed by atoms with E-state index in [4.69, 9.17) is 21.4 Å². The van der Waals surface area contributed by atoms with Gasteiger partial charge in [-0.25, -0.2) is 0 Å². The average molecular weight is 617 g/mol. The molecular weight excluding hydrogens is 585 g/mol. The van der Waals surface area contributed by atoms with Gasteiger partial charge in [-0.05, 0) is 70.3 Å². The Bertz CT molecular complexity index is 1160. The molecule has 0 aliphatic heterocycles. The van der Waals surface area contributed by atoms with E-state index in [1.165, 1.54) is 12.0 Å². The largest absolute Gasteiger partial charge is 0.497 e. The number of carbonyl (C=O) groups excluding carboxylic acids is 2. The van der Waals surface area contributed by atoms with E-state index in [2.05, 4.69) is 43.9 Å². The van der Waals surface area contributed by atoms with E-state index in [-0.39, 0.29) is 31.3 Å². The van der Waals surface area contributed by atoms with Gasteiger partial charge in [0, 0.05) is 26.5 Å². The lowest BCUT2D eigenvalue weighted by Gasteiger charge is -2.28. The first-order valence-electron chi connectivity index (χ1n) is 11.7. The molecule has 0 radical (unpaired) electrons. The number of rotatable bonds is 13. The highest BCUT2D eigenvalue weighted by Crippen LogP contribution is 2.26. The highest BCUT2D eigenvalue weighted by Gasteiger charge is 2.29. The normalized spacial score (nSPS) is 12.0. The zero-order chi connectivity index (χ0) is 27.4. The molecule has 0 spiro atoms. The van der Waals surface area contributed by atoms with Crippen molar-refractivity contribution in [3.8, 4) is 23.8 Å². The summed E-state index contributed by atoms with van der Waals surface area (Å²) in [5.74, 6) is 2.97. The minimum atomic E-state index is -0.931. The number of azide groups is 1. The maximum Gasteiger partial charge on any atom is 0.246 e. The average Bonchev–Trinajstić information content (AvgIpc) is 2.88. The van der Waals surface area contributed by atoms with Crippen LogP contribution >= 0.6 is 22.6 Å². The number of nitrogens with one attached hydrogen (secondary N) is 1. The molecule has 196 valence electrons. The van der Waals surface area contributed by atoms with Crippen molar-refractivity contribution in [2.24, 2.45) is 11.0 Å². The van der Waals surface area contributed by atoms with Crippen LogP contribution in [0.5, 0.6) is 11.5 Å². The van der Waals surface area contributed by atoms with Crippen LogP contribution in [-0.4, -0.2) is 49.6 Å². The molecule has 0 saturated carbocycles. The zero-order valence-electron chi connectivity index (χ0n) is 21.5. The molecule has 0 heterocycles. The Morgan fingerprint density at radius 1 is 1.19 bits per heavy atom. The quantitative estimate of drug-likeness (QED) is 0.115. The molecular formula is C27H32IN5O4. The standard InChI is InChI=1S/C27H32IN5O4/c1-6-13-33(17-20-9-12-22(36-4)16-25(20)37-5)27(35)24(15-19-7-10-21(28)11-8-19)30-26(34)23(31-32-29)14-18(2)3/h1,7-12,16,18,23-24H,13-15,17H2,2-5H3,(H,30,34)/t23-,24+/m1/s1. The molecule has 10 heteroatoms. The van der Waals surface area contributed by atoms with Crippen LogP contribution in [0.1, 0.15) is 31.4 Å². The number of hydrogen-bond donors (Lipinski definition) is 1. The summed E-state index contributed by atoms with van der Waals surface area (Å²) >= 11 is 2.20. The molecule has 2 aromatic carbocycles. The van der Waals surface area contributed by atoms with Gasteiger partial charge in [0.05, 0.1) is 27.3 Å². The summed E-state index contributed by atoms with van der Waals surface area (Å²) in [4.78, 5) is 31.3. The van der Waals surface area contributed by atoms with E-state index < -0.39 is 18.0 Å². The number of terminal acetylenes is 1. The Kier molecular flexibility index (Phi) is 12.1. The van der Waals surface area contributed by atoms with E-state index in [1.54, 1.807) is 19.2 Å². The molecule has 37 heavy (non-hydrogen) atoms. The molecule has 1 N–H and O–H groups in total. The summed E-state index contributed by atoms with van der Waals surface area (Å²) < 4.78 is 11.8. The second-order valence-electron chi connectivity index (χ2n) is 8.82. The van der Waals surface area contributed by atoms with Gasteiger partial charge in [-0.15, -0.1) is 6.42 Å². The van der Waals surface area contributed by atoms with Crippen molar-refractivity contribution in [3.05, 3.63) is 67.6 Å². The molecule has 2 rings (SSSR count). The fraction of sp³-hybridized carbons (Fsp3) is 0.407. The summed E-state index contributed by atoms with van der Waals surface area (Å²) in [6.07, 6.45) is 6.21. The van der Waals surface area contributed by atoms with Gasteiger partial charge in [0.1, 0.15) is 23.6 Å². The van der Waals surface area contributed by atoms with Crippen LogP contribution in [0.25, 0.3) is 10.4 Å². The molecule has 0 aliphatic rings. The summed E-state index contributed by atoms with van der Waals surface area (Å²) in [5, 5.41) is 6.49. The summed E-state index contributed by atoms with van der Waals surface area (Å²) in [6, 6.07) is 11.1. The molecule has 0 unspecified atom stereocenters. The van der Waals surface area contributed by atoms with Crippen molar-refractivity contribution in [1.29, 1.82) is 0 Å². The van der Waals surface area contributed by atoms with Gasteiger partial charge in [-0.1, -0.05) is 37.0 Å². The Morgan fingerprint density at radius 3 is 2.46 bits per heavy atom. The molecule has 2 amide bonds. The molecule has 0 bridgehead atoms. The molecule has 0 saturated heterocycles. The van der Waals surface area contributed by atoms with Crippen LogP contribution in [-0.2, 0) is 22.6 Å². The lowest BCUT2D eigenvalue weighted by Crippen LogP contribution is -2.51. The lowest BCUT2D eigenvalue weighted by molar-refractivity contribution is -0.136. The number of amides is 2. The predicted octanol–water partition coefficient (Wildman–Crippen LogP) is 4.72. The second-order valence-corrected chi connectivity index (χ2v) is 10.1. The Labute approximate surface area is 231 Å². The molecule has 0 fully saturated rings. The smallest absolute Gasteiger partial charge is 0.246 e. The van der Waals surface area contributed by atoms with Crippen LogP contribution in [0, 0.1) is 21.8 Å². The number of ether oxygens (including phenoxy) is 2. The van der Waals surface area contributed by atoms with Crippen molar-refractivity contribution >= 4 is 34.4 Å². The van der Waals surface area contributed by atoms with Gasteiger partial charge in [-0.2, -0.15) is 0 Å². The second kappa shape index (κ2) is 15.0. The fourth-order valence-corrected chi connectivity index (χ4v) is 4.13. The highest BCUT2D eigenvalue weighted by molar-refractivity contribution is 14.1. The molecule has 0 aliphatic carbocycles. The van der Waals surface area contributed by atoms with Crippen molar-refractivity contribution < 1.29 is 19.1 Å². The Balaban J connectivity index is 2.39. The molecule has 9 nitrogen and oxygen atoms in total. The van der Waals surface area contributed by atoms with Crippen LogP contribution in [0.15, 0.2) is 47.6 Å². The minimum Gasteiger partial charge on any atom is -0.497 e. The maximum absolute atomic E-state index is 13.8. The van der Waals surface area contributed by atoms with Crippen LogP contribution < -0.4 is 14.8 Å². The molecule has 0 aromatic heterocycles. The fourth-order valence-electron chi connectivity index (χ4n) is 3.77. The number of carbonyl (C=O) groups is 2. The number of nitrogens with zero attached hydrogens (tertiary/aromatic N) is 4. The van der Waals surface area contributed by atoms with Gasteiger partial charge in [0.2, 0.25) is 11.8 Å². The SMILES string of the molecule is C#CCN(Cc1ccc(OC)cc1OC)C(=O)[C@H](Cc1ccc(I)cc1)NC(=O)[C@@H](CC(C)C)N=[N+]=[N-]. The first-order chi connectivity index (χ1) is 17.7. The zero-order valence-corrected chi connectivity index (χ0v) is 23.6. The number of benzene rings is 2. The van der Waals surface area contributed by atoms with Gasteiger partial charge in [0.15, 0.2) is 0 Å². The number of hydrogen-bond acceptors (Lipinski definition) is 5. The predicted molar refractivity (Wildman–Crippen MR) is 151 cm³/mol. The van der Waals surface area contributed by atoms with Gasteiger partial charge >= 0.3 is 0 Å². The van der Waals surface area contributed by atoms with Gasteiger partial charge in [0.25, 0.3) is 0 Å². The third-order valence-electron chi connectivity index (χ3n) is 5.61. The monoisotopic (exact) mass is 617 g/mol. The minimum absolute atomic E-state index is 0.0266. The topological polar surface area (TPSA) is 117 Å². The molecule has 2 atom stereocenters. The highest BCUT2D eigenvalue weighted by atomic mass is 127. The first-order valence-corrected chi connectivity index (χ1v) is 12.8. The van der Waals surface area contributed by atoms with E-state index in [9.17, 15) is 9.59 Å². The van der Waals surface area contributed by atoms with E-state index >= 15 is 0 Å². The summed E-state index contributed by atoms with van der Waals surface area (Å²) in [6.45, 7) is 4.05. The van der Waals surface area contributed by atoms with Crippen LogP contribution in [0.3, 0.4) is 0 Å². The maximum atomic E-state index is 13.8. The molecule has 2 aromatic rings. The third-order valence-corrected chi connectivity index (χ3v) is 6.32. The van der Waals surface area contributed by atoms with Gasteiger partial charge in [-0.3, -0.25) is 9.59 Å². The Morgan fingerprint density at radius 2 is 1.89 bits per heavy atom. The number of methoxy groups -OCH3 is 2. The lowest BCUT2D eigenvalue weighted by atomic mass is 10.0. The van der Waals surface area contributed by atoms with Crippen molar-refractivity contribution in [3.63, 3.8) is 0 Å². The number of halogens is 1. The van der Waals surface area contributed by atoms with E-state index in [1.807, 2.05) is 44.2 Å². The van der Waals surface area contributed by atoms with Gasteiger partial charge < -0.3 is 19.7 Å². The van der Waals surface area contributed by atoms with E-state index in [0.29, 0.717) is 17.9 Å². The third kappa shape index (κ3) is 9.19. The van der Waals surface area contributed by atoms with Crippen molar-refractivity contribution in [2.45, 2.75) is 45.3 Å². The van der Waals surface area contributed by atoms with Crippen LogP contribution in [0.4, 0.5) is 0 Å². The Hall–Kier alpha value is -3.42. The van der Waals surface area contributed by atoms with Crippen LogP contribution in [0.2, 0.25) is 0 Å². The summed E-state index contributed by atoms with van der Waals surface area (Å²) in [7, 11) is 3.10.